The monoisotopic (exact) mass is 316 g/mol. The molecule has 1 heterocycles. The van der Waals surface area contributed by atoms with E-state index in [1.165, 1.54) is 35.2 Å². The highest BCUT2D eigenvalue weighted by atomic mass is 32.1. The van der Waals surface area contributed by atoms with Gasteiger partial charge in [-0.15, -0.1) is 0 Å². The molecule has 3 aromatic rings. The zero-order valence-electron chi connectivity index (χ0n) is 11.2. The van der Waals surface area contributed by atoms with Gasteiger partial charge in [-0.2, -0.15) is 14.9 Å². The molecule has 4 nitrogen and oxygen atoms in total. The van der Waals surface area contributed by atoms with Gasteiger partial charge in [0.15, 0.2) is 5.82 Å². The van der Waals surface area contributed by atoms with Crippen molar-refractivity contribution in [3.8, 4) is 11.4 Å². The van der Waals surface area contributed by atoms with E-state index >= 15 is 0 Å². The molecule has 1 aromatic heterocycles. The number of aromatic nitrogens is 3. The smallest absolute Gasteiger partial charge is 0.216 e. The van der Waals surface area contributed by atoms with Crippen LogP contribution in [0.2, 0.25) is 0 Å². The van der Waals surface area contributed by atoms with Crippen LogP contribution >= 0.6 is 12.2 Å². The molecular formula is C15H10F2N4S. The molecule has 0 radical (unpaired) electrons. The average Bonchev–Trinajstić information content (AvgIpc) is 2.89. The number of H-pyrrole nitrogens is 1. The molecular weight excluding hydrogens is 306 g/mol. The summed E-state index contributed by atoms with van der Waals surface area (Å²) in [5.41, 5.74) is 1.39. The van der Waals surface area contributed by atoms with Crippen molar-refractivity contribution in [3.05, 3.63) is 70.5 Å². The van der Waals surface area contributed by atoms with E-state index in [0.29, 0.717) is 16.2 Å². The van der Waals surface area contributed by atoms with E-state index in [2.05, 4.69) is 15.3 Å². The molecule has 0 aliphatic carbocycles. The summed E-state index contributed by atoms with van der Waals surface area (Å²) in [6, 6.07) is 11.7. The first kappa shape index (κ1) is 14.3. The standard InChI is InChI=1S/C15H10F2N4S/c16-12-5-1-10(2-6-12)9-18-21-14(19-20-15(21)22)11-3-7-13(17)8-4-11/h1-9H,(H,20,22)/b18-9+. The van der Waals surface area contributed by atoms with Crippen LogP contribution in [0.5, 0.6) is 0 Å². The molecule has 0 aliphatic heterocycles. The van der Waals surface area contributed by atoms with E-state index in [4.69, 9.17) is 12.2 Å². The number of nitrogens with one attached hydrogen (secondary N) is 1. The molecule has 0 spiro atoms. The fourth-order valence-corrected chi connectivity index (χ4v) is 2.04. The normalized spacial score (nSPS) is 11.2. The maximum Gasteiger partial charge on any atom is 0.216 e. The number of rotatable bonds is 3. The van der Waals surface area contributed by atoms with Crippen LogP contribution < -0.4 is 0 Å². The fourth-order valence-electron chi connectivity index (χ4n) is 1.86. The van der Waals surface area contributed by atoms with Gasteiger partial charge < -0.3 is 0 Å². The lowest BCUT2D eigenvalue weighted by Gasteiger charge is -2.01. The van der Waals surface area contributed by atoms with Gasteiger partial charge in [-0.05, 0) is 54.2 Å². The van der Waals surface area contributed by atoms with Gasteiger partial charge in [-0.3, -0.25) is 0 Å². The lowest BCUT2D eigenvalue weighted by atomic mass is 10.2. The molecule has 3 rings (SSSR count). The van der Waals surface area contributed by atoms with Gasteiger partial charge in [-0.25, -0.2) is 13.9 Å². The van der Waals surface area contributed by atoms with Crippen LogP contribution in [0.15, 0.2) is 53.6 Å². The number of hydrogen-bond donors (Lipinski definition) is 1. The van der Waals surface area contributed by atoms with Crippen LogP contribution in [0.1, 0.15) is 5.56 Å². The Kier molecular flexibility index (Phi) is 3.88. The van der Waals surface area contributed by atoms with Gasteiger partial charge in [0, 0.05) is 5.56 Å². The Labute approximate surface area is 129 Å². The third-order valence-electron chi connectivity index (χ3n) is 2.95. The molecule has 0 saturated heterocycles. The van der Waals surface area contributed by atoms with E-state index in [0.717, 1.165) is 5.56 Å². The molecule has 0 bridgehead atoms. The lowest BCUT2D eigenvalue weighted by molar-refractivity contribution is 0.627. The summed E-state index contributed by atoms with van der Waals surface area (Å²) >= 11 is 5.13. The van der Waals surface area contributed by atoms with E-state index in [9.17, 15) is 8.78 Å². The third-order valence-corrected chi connectivity index (χ3v) is 3.21. The maximum atomic E-state index is 13.0. The summed E-state index contributed by atoms with van der Waals surface area (Å²) in [6.45, 7) is 0. The van der Waals surface area contributed by atoms with Crippen molar-refractivity contribution in [2.24, 2.45) is 5.10 Å². The van der Waals surface area contributed by atoms with Crippen LogP contribution in [-0.4, -0.2) is 21.1 Å². The van der Waals surface area contributed by atoms with Gasteiger partial charge in [0.2, 0.25) is 4.77 Å². The second kappa shape index (κ2) is 5.98. The van der Waals surface area contributed by atoms with Crippen molar-refractivity contribution in [3.63, 3.8) is 0 Å². The van der Waals surface area contributed by atoms with Crippen LogP contribution in [0, 0.1) is 16.4 Å². The fraction of sp³-hybridized carbons (Fsp3) is 0. The Morgan fingerprint density at radius 2 is 1.59 bits per heavy atom. The summed E-state index contributed by atoms with van der Waals surface area (Å²) in [7, 11) is 0. The topological polar surface area (TPSA) is 46.0 Å². The SMILES string of the molecule is Fc1ccc(/C=N/n2c(-c3ccc(F)cc3)n[nH]c2=S)cc1. The second-order valence-electron chi connectivity index (χ2n) is 4.47. The quantitative estimate of drug-likeness (QED) is 0.590. The molecule has 0 aliphatic rings. The number of halogens is 2. The Morgan fingerprint density at radius 3 is 2.23 bits per heavy atom. The van der Waals surface area contributed by atoms with Crippen LogP contribution in [0.25, 0.3) is 11.4 Å². The Hall–Kier alpha value is -2.67. The van der Waals surface area contributed by atoms with E-state index in [1.54, 1.807) is 24.3 Å². The highest BCUT2D eigenvalue weighted by Crippen LogP contribution is 2.17. The zero-order valence-corrected chi connectivity index (χ0v) is 12.0. The van der Waals surface area contributed by atoms with Crippen molar-refractivity contribution < 1.29 is 8.78 Å². The average molecular weight is 316 g/mol. The molecule has 7 heteroatoms. The molecule has 0 unspecified atom stereocenters. The van der Waals surface area contributed by atoms with Gasteiger partial charge in [0.1, 0.15) is 11.6 Å². The van der Waals surface area contributed by atoms with Gasteiger partial charge in [0.25, 0.3) is 0 Å². The van der Waals surface area contributed by atoms with Crippen molar-refractivity contribution in [1.29, 1.82) is 0 Å². The second-order valence-corrected chi connectivity index (χ2v) is 4.85. The maximum absolute atomic E-state index is 13.0. The van der Waals surface area contributed by atoms with Crippen LogP contribution in [-0.2, 0) is 0 Å². The van der Waals surface area contributed by atoms with Gasteiger partial charge in [-0.1, -0.05) is 12.1 Å². The zero-order chi connectivity index (χ0) is 15.5. The summed E-state index contributed by atoms with van der Waals surface area (Å²) in [5, 5.41) is 11.0. The molecule has 0 atom stereocenters. The van der Waals surface area contributed by atoms with Crippen molar-refractivity contribution in [2.75, 3.05) is 0 Å². The summed E-state index contributed by atoms with van der Waals surface area (Å²) in [4.78, 5) is 0. The van der Waals surface area contributed by atoms with E-state index in [1.807, 2.05) is 0 Å². The largest absolute Gasteiger partial charge is 0.250 e. The van der Waals surface area contributed by atoms with Gasteiger partial charge in [0.05, 0.1) is 6.21 Å². The number of nitrogens with zero attached hydrogens (tertiary/aromatic N) is 3. The summed E-state index contributed by atoms with van der Waals surface area (Å²) in [6.07, 6.45) is 1.54. The molecule has 0 saturated carbocycles. The molecule has 2 aromatic carbocycles. The molecule has 0 amide bonds. The molecule has 110 valence electrons. The number of benzene rings is 2. The number of aromatic amines is 1. The lowest BCUT2D eigenvalue weighted by Crippen LogP contribution is -1.95. The van der Waals surface area contributed by atoms with Gasteiger partial charge >= 0.3 is 0 Å². The molecule has 1 N–H and O–H groups in total. The Bertz CT molecular complexity index is 864. The first-order valence-corrected chi connectivity index (χ1v) is 6.77. The Balaban J connectivity index is 1.97. The number of hydrogen-bond acceptors (Lipinski definition) is 3. The summed E-state index contributed by atoms with van der Waals surface area (Å²) in [5.74, 6) is -0.188. The predicted molar refractivity (Wildman–Crippen MR) is 82.2 cm³/mol. The van der Waals surface area contributed by atoms with Crippen molar-refractivity contribution in [2.45, 2.75) is 0 Å². The molecule has 0 fully saturated rings. The minimum absolute atomic E-state index is 0.303. The minimum Gasteiger partial charge on any atom is -0.250 e. The highest BCUT2D eigenvalue weighted by Gasteiger charge is 2.07. The highest BCUT2D eigenvalue weighted by molar-refractivity contribution is 7.71. The first-order valence-electron chi connectivity index (χ1n) is 6.37. The molecule has 22 heavy (non-hydrogen) atoms. The third kappa shape index (κ3) is 2.99. The van der Waals surface area contributed by atoms with Crippen molar-refractivity contribution >= 4 is 18.4 Å². The minimum atomic E-state index is -0.334. The van der Waals surface area contributed by atoms with E-state index < -0.39 is 0 Å². The first-order chi connectivity index (χ1) is 10.6. The summed E-state index contributed by atoms with van der Waals surface area (Å²) < 4.78 is 27.6. The van der Waals surface area contributed by atoms with Crippen molar-refractivity contribution in [1.82, 2.24) is 14.9 Å². The van der Waals surface area contributed by atoms with Crippen LogP contribution in [0.3, 0.4) is 0 Å². The van der Waals surface area contributed by atoms with E-state index in [-0.39, 0.29) is 11.6 Å². The van der Waals surface area contributed by atoms with Crippen LogP contribution in [0.4, 0.5) is 8.78 Å². The predicted octanol–water partition coefficient (Wildman–Crippen LogP) is 3.77. The Morgan fingerprint density at radius 1 is 1.00 bits per heavy atom.